The fourth-order valence-corrected chi connectivity index (χ4v) is 7.16. The summed E-state index contributed by atoms with van der Waals surface area (Å²) in [5, 5.41) is 1.12. The van der Waals surface area contributed by atoms with Crippen molar-refractivity contribution in [1.82, 2.24) is 4.98 Å². The van der Waals surface area contributed by atoms with Crippen LogP contribution >= 0.6 is 11.3 Å². The third-order valence-corrected chi connectivity index (χ3v) is 18.8. The van der Waals surface area contributed by atoms with E-state index in [0.717, 1.165) is 32.2 Å². The van der Waals surface area contributed by atoms with Gasteiger partial charge in [-0.15, -0.1) is 11.3 Å². The smallest absolute Gasteiger partial charge is 0.414 e. The maximum atomic E-state index is 12.5. The number of fused-ring (bicyclic) bond motifs is 1. The van der Waals surface area contributed by atoms with Gasteiger partial charge in [-0.05, 0) is 99.5 Å². The molecule has 0 bridgehead atoms. The zero-order chi connectivity index (χ0) is 33.3. The van der Waals surface area contributed by atoms with Crippen molar-refractivity contribution in [2.75, 3.05) is 25.2 Å². The molecule has 0 radical (unpaired) electrons. The Morgan fingerprint density at radius 3 is 2.00 bits per heavy atom. The highest BCUT2D eigenvalue weighted by Crippen LogP contribution is 2.39. The third kappa shape index (κ3) is 9.39. The van der Waals surface area contributed by atoms with E-state index in [1.54, 1.807) is 18.4 Å². The van der Waals surface area contributed by atoms with Crippen LogP contribution in [0.3, 0.4) is 0 Å². The maximum Gasteiger partial charge on any atom is 0.414 e. The molecule has 44 heavy (non-hydrogen) atoms. The third-order valence-electron chi connectivity index (χ3n) is 8.67. The molecule has 1 atom stereocenters. The summed E-state index contributed by atoms with van der Waals surface area (Å²) in [6.45, 7) is 29.2. The molecule has 244 valence electrons. The molecule has 0 aliphatic heterocycles. The number of amides is 1. The van der Waals surface area contributed by atoms with Gasteiger partial charge in [0.1, 0.15) is 29.1 Å². The van der Waals surface area contributed by atoms with E-state index < -0.39 is 22.2 Å². The molecule has 1 aromatic heterocycles. The fourth-order valence-electron chi connectivity index (χ4n) is 3.80. The second-order valence-electron chi connectivity index (χ2n) is 15.6. The first-order valence-corrected chi connectivity index (χ1v) is 22.0. The lowest BCUT2D eigenvalue weighted by Crippen LogP contribution is -2.49. The first-order valence-electron chi connectivity index (χ1n) is 15.4. The molecule has 3 rings (SSSR count). The molecular formula is C34H54N2O5SSi2. The van der Waals surface area contributed by atoms with Crippen molar-refractivity contribution in [2.24, 2.45) is 0 Å². The fraction of sp³-hybridized carbons (Fsp3) is 0.588. The van der Waals surface area contributed by atoms with Gasteiger partial charge in [0.2, 0.25) is 0 Å². The summed E-state index contributed by atoms with van der Waals surface area (Å²) in [5.74, 6) is 0.790. The van der Waals surface area contributed by atoms with Crippen molar-refractivity contribution in [3.05, 3.63) is 42.5 Å². The minimum absolute atomic E-state index is 0.0868. The molecule has 0 saturated carbocycles. The molecule has 0 aliphatic rings. The van der Waals surface area contributed by atoms with Crippen molar-refractivity contribution in [1.29, 1.82) is 0 Å². The Bertz CT molecular complexity index is 1420. The SMILES string of the molecule is CN(C(=O)OC(C)(C)C)c1ccc(-c2nc3ccc(OC[C@@H](CO[Si](C)(C)C(C)(C)C)O[Si](C)(C)C(C)(C)C)cc3s2)cc1. The van der Waals surface area contributed by atoms with Crippen molar-refractivity contribution >= 4 is 50.0 Å². The van der Waals surface area contributed by atoms with Gasteiger partial charge in [-0.25, -0.2) is 9.78 Å². The molecule has 7 nitrogen and oxygen atoms in total. The van der Waals surface area contributed by atoms with Crippen LogP contribution in [0.15, 0.2) is 42.5 Å². The quantitative estimate of drug-likeness (QED) is 0.202. The molecule has 1 amide bonds. The second kappa shape index (κ2) is 13.2. The van der Waals surface area contributed by atoms with Gasteiger partial charge in [-0.3, -0.25) is 4.90 Å². The number of carbonyl (C=O) groups is 1. The zero-order valence-corrected chi connectivity index (χ0v) is 32.2. The van der Waals surface area contributed by atoms with Crippen LogP contribution in [0, 0.1) is 0 Å². The summed E-state index contributed by atoms with van der Waals surface area (Å²) in [6.07, 6.45) is -0.545. The lowest BCUT2D eigenvalue weighted by Gasteiger charge is -2.41. The van der Waals surface area contributed by atoms with Gasteiger partial charge < -0.3 is 18.3 Å². The van der Waals surface area contributed by atoms with Gasteiger partial charge in [0.25, 0.3) is 0 Å². The Morgan fingerprint density at radius 1 is 0.864 bits per heavy atom. The molecule has 0 fully saturated rings. The number of anilines is 1. The first-order chi connectivity index (χ1) is 20.0. The summed E-state index contributed by atoms with van der Waals surface area (Å²) >= 11 is 1.62. The van der Waals surface area contributed by atoms with E-state index in [9.17, 15) is 4.79 Å². The van der Waals surface area contributed by atoms with E-state index in [-0.39, 0.29) is 22.3 Å². The highest BCUT2D eigenvalue weighted by Gasteiger charge is 2.41. The number of hydrogen-bond acceptors (Lipinski definition) is 7. The van der Waals surface area contributed by atoms with Crippen LogP contribution in [0.2, 0.25) is 36.3 Å². The number of benzene rings is 2. The number of aromatic nitrogens is 1. The average molecular weight is 659 g/mol. The summed E-state index contributed by atoms with van der Waals surface area (Å²) < 4.78 is 26.3. The number of hydrogen-bond donors (Lipinski definition) is 0. The predicted octanol–water partition coefficient (Wildman–Crippen LogP) is 10.1. The Kier molecular flexibility index (Phi) is 10.9. The molecule has 0 N–H and O–H groups in total. The van der Waals surface area contributed by atoms with Crippen LogP contribution in [0.1, 0.15) is 62.3 Å². The summed E-state index contributed by atoms with van der Waals surface area (Å²) in [4.78, 5) is 18.8. The standard InChI is InChI=1S/C34H54N2O5SSi2/c1-32(2,3)40-31(37)36(10)25-17-15-24(16-18-25)30-35-28-20-19-26(21-29(28)42-30)38-22-27(41-44(13,14)34(7,8)9)23-39-43(11,12)33(4,5)6/h15-21,27H,22-23H2,1-14H3/t27-/m0/s1. The zero-order valence-electron chi connectivity index (χ0n) is 29.4. The van der Waals surface area contributed by atoms with Gasteiger partial charge in [0.15, 0.2) is 16.6 Å². The lowest BCUT2D eigenvalue weighted by atomic mass is 10.2. The molecular weight excluding hydrogens is 605 g/mol. The molecule has 2 aromatic carbocycles. The molecule has 3 aromatic rings. The Balaban J connectivity index is 1.75. The van der Waals surface area contributed by atoms with Crippen molar-refractivity contribution in [3.63, 3.8) is 0 Å². The van der Waals surface area contributed by atoms with Gasteiger partial charge in [-0.2, -0.15) is 0 Å². The van der Waals surface area contributed by atoms with E-state index in [1.807, 2.05) is 57.2 Å². The molecule has 1 heterocycles. The number of thiazole rings is 1. The number of nitrogens with zero attached hydrogens (tertiary/aromatic N) is 2. The molecule has 0 saturated heterocycles. The van der Waals surface area contributed by atoms with Crippen molar-refractivity contribution < 1.29 is 23.1 Å². The maximum absolute atomic E-state index is 12.5. The monoisotopic (exact) mass is 658 g/mol. The van der Waals surface area contributed by atoms with Crippen LogP contribution in [0.4, 0.5) is 10.5 Å². The van der Waals surface area contributed by atoms with Gasteiger partial charge in [-0.1, -0.05) is 41.5 Å². The predicted molar refractivity (Wildman–Crippen MR) is 190 cm³/mol. The van der Waals surface area contributed by atoms with E-state index in [4.69, 9.17) is 23.3 Å². The average Bonchev–Trinajstić information content (AvgIpc) is 3.31. The number of ether oxygens (including phenoxy) is 2. The van der Waals surface area contributed by atoms with Gasteiger partial charge in [0, 0.05) is 18.3 Å². The summed E-state index contributed by atoms with van der Waals surface area (Å²) in [5.41, 5.74) is 2.11. The second-order valence-corrected chi connectivity index (χ2v) is 26.2. The lowest BCUT2D eigenvalue weighted by molar-refractivity contribution is 0.0589. The van der Waals surface area contributed by atoms with E-state index >= 15 is 0 Å². The Morgan fingerprint density at radius 2 is 1.45 bits per heavy atom. The largest absolute Gasteiger partial charge is 0.491 e. The normalized spacial score (nSPS) is 14.0. The topological polar surface area (TPSA) is 70.1 Å². The van der Waals surface area contributed by atoms with Crippen LogP contribution in [-0.2, 0) is 13.6 Å². The highest BCUT2D eigenvalue weighted by atomic mass is 32.1. The molecule has 0 aliphatic carbocycles. The Labute approximate surface area is 271 Å². The summed E-state index contributed by atoms with van der Waals surface area (Å²) in [7, 11) is -2.26. The van der Waals surface area contributed by atoms with Crippen LogP contribution in [0.25, 0.3) is 20.8 Å². The highest BCUT2D eigenvalue weighted by molar-refractivity contribution is 7.21. The van der Waals surface area contributed by atoms with Gasteiger partial charge >= 0.3 is 6.09 Å². The Hall–Kier alpha value is -2.25. The minimum atomic E-state index is -2.04. The number of rotatable bonds is 10. The minimum Gasteiger partial charge on any atom is -0.491 e. The summed E-state index contributed by atoms with van der Waals surface area (Å²) in [6, 6.07) is 13.8. The van der Waals surface area contributed by atoms with Crippen LogP contribution in [-0.4, -0.2) is 59.7 Å². The van der Waals surface area contributed by atoms with Crippen molar-refractivity contribution in [2.45, 2.75) is 110 Å². The number of carbonyl (C=O) groups excluding carboxylic acids is 1. The molecule has 10 heteroatoms. The molecule has 0 spiro atoms. The molecule has 0 unspecified atom stereocenters. The van der Waals surface area contributed by atoms with E-state index in [0.29, 0.717) is 13.2 Å². The van der Waals surface area contributed by atoms with Crippen molar-refractivity contribution in [3.8, 4) is 16.3 Å². The van der Waals surface area contributed by atoms with Gasteiger partial charge in [0.05, 0.1) is 16.8 Å². The van der Waals surface area contributed by atoms with Crippen LogP contribution < -0.4 is 9.64 Å². The first kappa shape index (κ1) is 36.2. The van der Waals surface area contributed by atoms with Crippen LogP contribution in [0.5, 0.6) is 5.75 Å². The van der Waals surface area contributed by atoms with E-state index in [2.05, 4.69) is 73.8 Å². The van der Waals surface area contributed by atoms with E-state index in [1.165, 1.54) is 4.90 Å².